The van der Waals surface area contributed by atoms with Gasteiger partial charge >= 0.3 is 5.97 Å². The molecule has 2 aromatic carbocycles. The largest absolute Gasteiger partial charge is 0.452 e. The first-order valence-corrected chi connectivity index (χ1v) is 10.3. The number of esters is 1. The van der Waals surface area contributed by atoms with Crippen molar-refractivity contribution in [3.63, 3.8) is 0 Å². The highest BCUT2D eigenvalue weighted by Gasteiger charge is 2.19. The van der Waals surface area contributed by atoms with Gasteiger partial charge in [0.1, 0.15) is 0 Å². The maximum Gasteiger partial charge on any atom is 0.338 e. The Labute approximate surface area is 165 Å². The molecule has 2 N–H and O–H groups in total. The van der Waals surface area contributed by atoms with Crippen LogP contribution in [-0.4, -0.2) is 32.4 Å². The number of carbonyl (C=O) groups excluding carboxylic acids is 2. The van der Waals surface area contributed by atoms with E-state index in [9.17, 15) is 18.0 Å². The molecule has 1 amide bonds. The van der Waals surface area contributed by atoms with Crippen molar-refractivity contribution in [1.82, 2.24) is 5.32 Å². The van der Waals surface area contributed by atoms with Gasteiger partial charge in [-0.15, -0.1) is 0 Å². The number of anilines is 1. The Hall–Kier alpha value is -2.87. The molecule has 0 unspecified atom stereocenters. The van der Waals surface area contributed by atoms with E-state index in [0.29, 0.717) is 5.69 Å². The summed E-state index contributed by atoms with van der Waals surface area (Å²) in [6, 6.07) is 13.8. The van der Waals surface area contributed by atoms with Gasteiger partial charge in [-0.25, -0.2) is 13.2 Å². The van der Waals surface area contributed by atoms with Crippen molar-refractivity contribution in [3.05, 3.63) is 60.2 Å². The Balaban J connectivity index is 1.98. The number of carbonyl (C=O) groups is 2. The highest BCUT2D eigenvalue weighted by molar-refractivity contribution is 7.92. The highest BCUT2D eigenvalue weighted by Crippen LogP contribution is 2.16. The Morgan fingerprint density at radius 1 is 1.00 bits per heavy atom. The van der Waals surface area contributed by atoms with Crippen molar-refractivity contribution < 1.29 is 22.7 Å². The normalized spacial score (nSPS) is 11.5. The molecule has 2 aromatic rings. The number of amides is 1. The van der Waals surface area contributed by atoms with E-state index in [1.165, 1.54) is 24.3 Å². The zero-order valence-electron chi connectivity index (χ0n) is 16.1. The van der Waals surface area contributed by atoms with E-state index in [1.807, 2.05) is 20.8 Å². The van der Waals surface area contributed by atoms with Crippen molar-refractivity contribution in [2.45, 2.75) is 37.6 Å². The zero-order valence-corrected chi connectivity index (χ0v) is 16.9. The third-order valence-corrected chi connectivity index (χ3v) is 5.52. The quantitative estimate of drug-likeness (QED) is 0.659. The first-order valence-electron chi connectivity index (χ1n) is 8.79. The van der Waals surface area contributed by atoms with Crippen LogP contribution in [0.4, 0.5) is 5.69 Å². The van der Waals surface area contributed by atoms with Gasteiger partial charge in [0.05, 0.1) is 10.5 Å². The summed E-state index contributed by atoms with van der Waals surface area (Å²) >= 11 is 0. The predicted octanol–water partition coefficient (Wildman–Crippen LogP) is 2.95. The van der Waals surface area contributed by atoms with E-state index in [1.54, 1.807) is 30.3 Å². The topological polar surface area (TPSA) is 102 Å². The molecule has 0 aliphatic heterocycles. The zero-order chi connectivity index (χ0) is 20.8. The van der Waals surface area contributed by atoms with Gasteiger partial charge < -0.3 is 10.1 Å². The van der Waals surface area contributed by atoms with Crippen molar-refractivity contribution in [2.24, 2.45) is 0 Å². The summed E-state index contributed by atoms with van der Waals surface area (Å²) in [4.78, 5) is 23.9. The fourth-order valence-corrected chi connectivity index (χ4v) is 3.27. The van der Waals surface area contributed by atoms with Gasteiger partial charge in [-0.05, 0) is 56.7 Å². The second-order valence-electron chi connectivity index (χ2n) is 6.86. The molecule has 0 saturated heterocycles. The lowest BCUT2D eigenvalue weighted by molar-refractivity contribution is -0.125. The number of nitrogens with one attached hydrogen (secondary N) is 2. The lowest BCUT2D eigenvalue weighted by atomic mass is 10.0. The fraction of sp³-hybridized carbons (Fsp3) is 0.300. The number of para-hydroxylation sites is 1. The second-order valence-corrected chi connectivity index (χ2v) is 8.54. The average Bonchev–Trinajstić information content (AvgIpc) is 2.66. The van der Waals surface area contributed by atoms with E-state index in [2.05, 4.69) is 10.0 Å². The van der Waals surface area contributed by atoms with Crippen LogP contribution in [0.3, 0.4) is 0 Å². The van der Waals surface area contributed by atoms with Crippen LogP contribution in [0, 0.1) is 0 Å². The Bertz CT molecular complexity index is 923. The number of rotatable bonds is 8. The molecule has 8 heteroatoms. The molecule has 0 radical (unpaired) electrons. The molecule has 2 rings (SSSR count). The van der Waals surface area contributed by atoms with Gasteiger partial charge in [0.25, 0.3) is 15.9 Å². The third kappa shape index (κ3) is 6.09. The summed E-state index contributed by atoms with van der Waals surface area (Å²) in [6.07, 6.45) is 0.736. The van der Waals surface area contributed by atoms with E-state index in [0.717, 1.165) is 6.42 Å². The van der Waals surface area contributed by atoms with Crippen LogP contribution in [0.15, 0.2) is 59.5 Å². The minimum absolute atomic E-state index is 0.00958. The molecule has 0 heterocycles. The SMILES string of the molecule is CCC(C)(C)NC(=O)COC(=O)c1ccc(S(=O)(=O)Nc2ccccc2)cc1. The lowest BCUT2D eigenvalue weighted by Gasteiger charge is -2.24. The summed E-state index contributed by atoms with van der Waals surface area (Å²) in [7, 11) is -3.77. The molecule has 0 fully saturated rings. The molecule has 0 aromatic heterocycles. The summed E-state index contributed by atoms with van der Waals surface area (Å²) in [5.74, 6) is -1.10. The monoisotopic (exact) mass is 404 g/mol. The Kier molecular flexibility index (Phi) is 6.80. The summed E-state index contributed by atoms with van der Waals surface area (Å²) in [5.41, 5.74) is 0.207. The number of benzene rings is 2. The molecule has 28 heavy (non-hydrogen) atoms. The maximum absolute atomic E-state index is 12.4. The smallest absolute Gasteiger partial charge is 0.338 e. The molecule has 7 nitrogen and oxygen atoms in total. The van der Waals surface area contributed by atoms with E-state index in [-0.39, 0.29) is 16.0 Å². The van der Waals surface area contributed by atoms with E-state index < -0.39 is 28.5 Å². The number of hydrogen-bond donors (Lipinski definition) is 2. The molecule has 0 saturated carbocycles. The highest BCUT2D eigenvalue weighted by atomic mass is 32.2. The molecule has 150 valence electrons. The van der Waals surface area contributed by atoms with Gasteiger partial charge in [-0.3, -0.25) is 9.52 Å². The van der Waals surface area contributed by atoms with Gasteiger partial charge in [0, 0.05) is 11.2 Å². The van der Waals surface area contributed by atoms with Crippen LogP contribution >= 0.6 is 0 Å². The molecule has 0 aliphatic rings. The number of sulfonamides is 1. The van der Waals surface area contributed by atoms with E-state index >= 15 is 0 Å². The van der Waals surface area contributed by atoms with Crippen molar-refractivity contribution in [3.8, 4) is 0 Å². The summed E-state index contributed by atoms with van der Waals surface area (Å²) < 4.78 is 32.2. The third-order valence-electron chi connectivity index (χ3n) is 4.12. The predicted molar refractivity (Wildman–Crippen MR) is 106 cm³/mol. The summed E-state index contributed by atoms with van der Waals surface area (Å²) in [5, 5.41) is 2.76. The molecule has 0 aliphatic carbocycles. The minimum Gasteiger partial charge on any atom is -0.452 e. The second kappa shape index (κ2) is 8.88. The van der Waals surface area contributed by atoms with Crippen LogP contribution in [0.5, 0.6) is 0 Å². The Morgan fingerprint density at radius 2 is 1.61 bits per heavy atom. The van der Waals surface area contributed by atoms with Gasteiger partial charge in [0.2, 0.25) is 0 Å². The van der Waals surface area contributed by atoms with Crippen LogP contribution in [0.2, 0.25) is 0 Å². The average molecular weight is 404 g/mol. The molecule has 0 spiro atoms. The van der Waals surface area contributed by atoms with Crippen molar-refractivity contribution in [2.75, 3.05) is 11.3 Å². The summed E-state index contributed by atoms with van der Waals surface area (Å²) in [6.45, 7) is 5.27. The Morgan fingerprint density at radius 3 is 2.18 bits per heavy atom. The molecular weight excluding hydrogens is 380 g/mol. The minimum atomic E-state index is -3.77. The van der Waals surface area contributed by atoms with E-state index in [4.69, 9.17) is 4.74 Å². The standard InChI is InChI=1S/C20H24N2O5S/c1-4-20(2,3)21-18(23)14-27-19(24)15-10-12-17(13-11-15)28(25,26)22-16-8-6-5-7-9-16/h5-13,22H,4,14H2,1-3H3,(H,21,23). The first-order chi connectivity index (χ1) is 13.1. The molecule has 0 bridgehead atoms. The lowest BCUT2D eigenvalue weighted by Crippen LogP contribution is -2.44. The van der Waals surface area contributed by atoms with Crippen LogP contribution in [-0.2, 0) is 19.6 Å². The van der Waals surface area contributed by atoms with Gasteiger partial charge in [-0.1, -0.05) is 25.1 Å². The van der Waals surface area contributed by atoms with Crippen LogP contribution in [0.25, 0.3) is 0 Å². The van der Waals surface area contributed by atoms with Crippen LogP contribution < -0.4 is 10.0 Å². The molecule has 0 atom stereocenters. The molecular formula is C20H24N2O5S. The van der Waals surface area contributed by atoms with Crippen molar-refractivity contribution >= 4 is 27.6 Å². The number of ether oxygens (including phenoxy) is 1. The van der Waals surface area contributed by atoms with Crippen molar-refractivity contribution in [1.29, 1.82) is 0 Å². The first kappa shape index (κ1) is 21.4. The number of hydrogen-bond acceptors (Lipinski definition) is 5. The fourth-order valence-electron chi connectivity index (χ4n) is 2.21. The van der Waals surface area contributed by atoms with Crippen LogP contribution in [0.1, 0.15) is 37.6 Å². The van der Waals surface area contributed by atoms with Gasteiger partial charge in [0.15, 0.2) is 6.61 Å². The van der Waals surface area contributed by atoms with Gasteiger partial charge in [-0.2, -0.15) is 0 Å². The maximum atomic E-state index is 12.4.